The molecular formula is C24H21ClFN3O2. The van der Waals surface area contributed by atoms with E-state index in [-0.39, 0.29) is 17.8 Å². The number of hydrogen-bond acceptors (Lipinski definition) is 4. The van der Waals surface area contributed by atoms with E-state index >= 15 is 0 Å². The first-order chi connectivity index (χ1) is 15.0. The number of benzene rings is 2. The van der Waals surface area contributed by atoms with Gasteiger partial charge in [0.15, 0.2) is 0 Å². The van der Waals surface area contributed by atoms with Crippen LogP contribution >= 0.6 is 11.6 Å². The summed E-state index contributed by atoms with van der Waals surface area (Å²) in [6, 6.07) is 10.4. The Balaban J connectivity index is 1.30. The van der Waals surface area contributed by atoms with Gasteiger partial charge in [0.2, 0.25) is 5.91 Å². The van der Waals surface area contributed by atoms with Gasteiger partial charge in [-0.25, -0.2) is 14.4 Å². The molecule has 2 aliphatic rings. The van der Waals surface area contributed by atoms with E-state index in [0.29, 0.717) is 34.9 Å². The zero-order valence-electron chi connectivity index (χ0n) is 16.8. The van der Waals surface area contributed by atoms with Crippen LogP contribution in [-0.2, 0) is 16.6 Å². The van der Waals surface area contributed by atoms with Crippen LogP contribution in [0.3, 0.4) is 0 Å². The van der Waals surface area contributed by atoms with Crippen LogP contribution in [0.15, 0.2) is 55.1 Å². The molecule has 0 saturated heterocycles. The molecule has 5 rings (SSSR count). The largest absolute Gasteiger partial charge is 0.487 e. The van der Waals surface area contributed by atoms with Crippen molar-refractivity contribution in [3.63, 3.8) is 0 Å². The van der Waals surface area contributed by atoms with E-state index in [1.54, 1.807) is 12.4 Å². The number of nitrogens with one attached hydrogen (secondary N) is 1. The Morgan fingerprint density at radius 3 is 2.61 bits per heavy atom. The van der Waals surface area contributed by atoms with Crippen molar-refractivity contribution < 1.29 is 13.9 Å². The molecule has 158 valence electrons. The zero-order chi connectivity index (χ0) is 21.4. The highest BCUT2D eigenvalue weighted by molar-refractivity contribution is 6.30. The number of halogens is 2. The second-order valence-electron chi connectivity index (χ2n) is 8.17. The van der Waals surface area contributed by atoms with Crippen molar-refractivity contribution in [2.24, 2.45) is 0 Å². The van der Waals surface area contributed by atoms with Gasteiger partial charge in [-0.2, -0.15) is 0 Å². The molecular weight excluding hydrogens is 417 g/mol. The Bertz CT molecular complexity index is 1120. The second-order valence-corrected chi connectivity index (χ2v) is 8.60. The highest BCUT2D eigenvalue weighted by atomic mass is 35.5. The standard InChI is InChI=1S/C24H21ClFN3O2/c25-18-4-2-17(3-5-18)24(6-1-7-24)23(30)29-13-20-9-15-8-19(26)10-21(22(15)31-20)16-11-27-14-28-12-16/h2-5,8,10-12,14,20H,1,6-7,9,13H2,(H,29,30)/t20-/m1/s1. The van der Waals surface area contributed by atoms with Crippen molar-refractivity contribution in [2.45, 2.75) is 37.2 Å². The number of aromatic nitrogens is 2. The Morgan fingerprint density at radius 2 is 1.94 bits per heavy atom. The fraction of sp³-hybridized carbons (Fsp3) is 0.292. The molecule has 0 radical (unpaired) electrons. The normalized spacial score (nSPS) is 18.6. The van der Waals surface area contributed by atoms with Crippen molar-refractivity contribution in [1.29, 1.82) is 0 Å². The molecule has 1 aromatic heterocycles. The van der Waals surface area contributed by atoms with Gasteiger partial charge >= 0.3 is 0 Å². The van der Waals surface area contributed by atoms with Crippen molar-refractivity contribution >= 4 is 17.5 Å². The van der Waals surface area contributed by atoms with Crippen molar-refractivity contribution in [2.75, 3.05) is 6.54 Å². The lowest BCUT2D eigenvalue weighted by Gasteiger charge is -2.41. The summed E-state index contributed by atoms with van der Waals surface area (Å²) in [7, 11) is 0. The fourth-order valence-corrected chi connectivity index (χ4v) is 4.61. The summed E-state index contributed by atoms with van der Waals surface area (Å²) in [6.45, 7) is 0.356. The summed E-state index contributed by atoms with van der Waals surface area (Å²) in [5, 5.41) is 3.73. The third-order valence-corrected chi connectivity index (χ3v) is 6.52. The number of nitrogens with zero attached hydrogens (tertiary/aromatic N) is 2. The summed E-state index contributed by atoms with van der Waals surface area (Å²) < 4.78 is 20.3. The first-order valence-corrected chi connectivity index (χ1v) is 10.7. The first-order valence-electron chi connectivity index (χ1n) is 10.3. The lowest BCUT2D eigenvalue weighted by molar-refractivity contribution is -0.130. The Hall–Kier alpha value is -2.99. The van der Waals surface area contributed by atoms with Crippen LogP contribution in [0, 0.1) is 5.82 Å². The van der Waals surface area contributed by atoms with Crippen LogP contribution in [0.25, 0.3) is 11.1 Å². The lowest BCUT2D eigenvalue weighted by atomic mass is 9.64. The summed E-state index contributed by atoms with van der Waals surface area (Å²) in [4.78, 5) is 21.2. The highest BCUT2D eigenvalue weighted by Crippen LogP contribution is 2.44. The average Bonchev–Trinajstić information content (AvgIpc) is 3.15. The van der Waals surface area contributed by atoms with Crippen LogP contribution in [-0.4, -0.2) is 28.5 Å². The molecule has 3 aromatic rings. The van der Waals surface area contributed by atoms with Gasteiger partial charge in [-0.3, -0.25) is 4.79 Å². The molecule has 1 aliphatic heterocycles. The second kappa shape index (κ2) is 7.93. The van der Waals surface area contributed by atoms with E-state index in [2.05, 4.69) is 15.3 Å². The molecule has 1 saturated carbocycles. The number of ether oxygens (including phenoxy) is 1. The number of amides is 1. The summed E-state index contributed by atoms with van der Waals surface area (Å²) in [5.74, 6) is 0.303. The third-order valence-electron chi connectivity index (χ3n) is 6.26. The van der Waals surface area contributed by atoms with E-state index in [4.69, 9.17) is 16.3 Å². The number of rotatable bonds is 5. The maximum absolute atomic E-state index is 14.2. The summed E-state index contributed by atoms with van der Waals surface area (Å²) in [5.41, 5.74) is 2.59. The molecule has 5 nitrogen and oxygen atoms in total. The zero-order valence-corrected chi connectivity index (χ0v) is 17.5. The van der Waals surface area contributed by atoms with Gasteiger partial charge in [-0.1, -0.05) is 30.2 Å². The molecule has 0 bridgehead atoms. The van der Waals surface area contributed by atoms with E-state index in [1.807, 2.05) is 24.3 Å². The first kappa shape index (κ1) is 19.9. The van der Waals surface area contributed by atoms with Gasteiger partial charge < -0.3 is 10.1 Å². The van der Waals surface area contributed by atoms with Crippen molar-refractivity contribution in [3.05, 3.63) is 77.1 Å². The number of fused-ring (bicyclic) bond motifs is 1. The van der Waals surface area contributed by atoms with E-state index in [1.165, 1.54) is 18.5 Å². The number of carbonyl (C=O) groups is 1. The predicted molar refractivity (Wildman–Crippen MR) is 116 cm³/mol. The monoisotopic (exact) mass is 437 g/mol. The predicted octanol–water partition coefficient (Wildman–Crippen LogP) is 4.48. The maximum atomic E-state index is 14.2. The quantitative estimate of drug-likeness (QED) is 0.639. The molecule has 1 amide bonds. The van der Waals surface area contributed by atoms with Gasteiger partial charge in [0, 0.05) is 40.5 Å². The smallest absolute Gasteiger partial charge is 0.230 e. The van der Waals surface area contributed by atoms with Gasteiger partial charge in [0.05, 0.1) is 12.0 Å². The molecule has 2 heterocycles. The molecule has 0 spiro atoms. The van der Waals surface area contributed by atoms with Crippen molar-refractivity contribution in [1.82, 2.24) is 15.3 Å². The number of hydrogen-bond donors (Lipinski definition) is 1. The lowest BCUT2D eigenvalue weighted by Crippen LogP contribution is -2.51. The minimum atomic E-state index is -0.505. The summed E-state index contributed by atoms with van der Waals surface area (Å²) >= 11 is 6.01. The number of carbonyl (C=O) groups excluding carboxylic acids is 1. The Labute approximate surface area is 184 Å². The Kier molecular flexibility index (Phi) is 5.10. The van der Waals surface area contributed by atoms with Crippen LogP contribution in [0.1, 0.15) is 30.4 Å². The van der Waals surface area contributed by atoms with E-state index < -0.39 is 5.41 Å². The van der Waals surface area contributed by atoms with Gasteiger partial charge in [-0.05, 0) is 42.7 Å². The average molecular weight is 438 g/mol. The molecule has 1 N–H and O–H groups in total. The molecule has 2 aromatic carbocycles. The fourth-order valence-electron chi connectivity index (χ4n) is 4.48. The molecule has 7 heteroatoms. The Morgan fingerprint density at radius 1 is 1.19 bits per heavy atom. The van der Waals surface area contributed by atoms with Crippen molar-refractivity contribution in [3.8, 4) is 16.9 Å². The molecule has 1 aliphatic carbocycles. The topological polar surface area (TPSA) is 64.1 Å². The molecule has 1 fully saturated rings. The van der Waals surface area contributed by atoms with Gasteiger partial charge in [0.1, 0.15) is 24.0 Å². The SMILES string of the molecule is O=C(NC[C@H]1Cc2cc(F)cc(-c3cncnc3)c2O1)C1(c2ccc(Cl)cc2)CCC1. The molecule has 0 unspecified atom stereocenters. The maximum Gasteiger partial charge on any atom is 0.230 e. The van der Waals surface area contributed by atoms with Gasteiger partial charge in [0.25, 0.3) is 0 Å². The van der Waals surface area contributed by atoms with Gasteiger partial charge in [-0.15, -0.1) is 0 Å². The third kappa shape index (κ3) is 3.65. The minimum absolute atomic E-state index is 0.00323. The highest BCUT2D eigenvalue weighted by Gasteiger charge is 2.45. The molecule has 1 atom stereocenters. The van der Waals surface area contributed by atoms with Crippen LogP contribution in [0.2, 0.25) is 5.02 Å². The molecule has 31 heavy (non-hydrogen) atoms. The van der Waals surface area contributed by atoms with E-state index in [9.17, 15) is 9.18 Å². The van der Waals surface area contributed by atoms with Crippen LogP contribution < -0.4 is 10.1 Å². The minimum Gasteiger partial charge on any atom is -0.487 e. The van der Waals surface area contributed by atoms with Crippen LogP contribution in [0.5, 0.6) is 5.75 Å². The van der Waals surface area contributed by atoms with Crippen LogP contribution in [0.4, 0.5) is 4.39 Å². The van der Waals surface area contributed by atoms with E-state index in [0.717, 1.165) is 30.4 Å². The summed E-state index contributed by atoms with van der Waals surface area (Å²) in [6.07, 6.45) is 7.61.